The number of amides is 1. The number of ether oxygens (including phenoxy) is 2. The van der Waals surface area contributed by atoms with E-state index in [1.165, 1.54) is 0 Å². The first-order valence-electron chi connectivity index (χ1n) is 15.3. The summed E-state index contributed by atoms with van der Waals surface area (Å²) in [5, 5.41) is 11.7. The van der Waals surface area contributed by atoms with Crippen LogP contribution in [0.25, 0.3) is 0 Å². The van der Waals surface area contributed by atoms with Gasteiger partial charge in [0.1, 0.15) is 5.56 Å². The molecule has 9 nitrogen and oxygen atoms in total. The second-order valence-electron chi connectivity index (χ2n) is 11.6. The Kier molecular flexibility index (Phi) is 10.2. The van der Waals surface area contributed by atoms with E-state index in [9.17, 15) is 31.9 Å². The zero-order valence-electron chi connectivity index (χ0n) is 25.6. The minimum atomic E-state index is -2.34. The Balaban J connectivity index is 1.13. The van der Waals surface area contributed by atoms with Gasteiger partial charge in [0.25, 0.3) is 5.91 Å². The molecule has 3 atom stereocenters. The lowest BCUT2D eigenvalue weighted by atomic mass is 9.99. The van der Waals surface area contributed by atoms with Gasteiger partial charge < -0.3 is 24.8 Å². The highest BCUT2D eigenvalue weighted by Gasteiger charge is 2.34. The highest BCUT2D eigenvalue weighted by molar-refractivity contribution is 5.94. The molecule has 0 spiro atoms. The van der Waals surface area contributed by atoms with Crippen LogP contribution in [0.3, 0.4) is 0 Å². The smallest absolute Gasteiger partial charge is 0.257 e. The predicted molar refractivity (Wildman–Crippen MR) is 163 cm³/mol. The molecular weight excluding hydrogens is 637 g/mol. The Morgan fingerprint density at radius 2 is 1.38 bits per heavy atom. The number of anilines is 1. The number of aliphatic hydroxyl groups excluding tert-OH is 1. The normalized spacial score (nSPS) is 20.1. The maximum atomic E-state index is 14.1. The van der Waals surface area contributed by atoms with Crippen LogP contribution in [0.5, 0.6) is 0 Å². The Labute approximate surface area is 272 Å². The second-order valence-corrected chi connectivity index (χ2v) is 11.6. The van der Waals surface area contributed by atoms with Crippen LogP contribution in [-0.2, 0) is 22.6 Å². The van der Waals surface area contributed by atoms with Crippen LogP contribution in [-0.4, -0.2) is 64.7 Å². The highest BCUT2D eigenvalue weighted by atomic mass is 19.2. The van der Waals surface area contributed by atoms with Crippen molar-refractivity contribution in [2.24, 2.45) is 0 Å². The lowest BCUT2D eigenvalue weighted by molar-refractivity contribution is -0.253. The molecule has 6 rings (SSSR count). The molecule has 2 aliphatic rings. The summed E-state index contributed by atoms with van der Waals surface area (Å²) in [5.41, 5.74) is 1.34. The van der Waals surface area contributed by atoms with Crippen molar-refractivity contribution in [2.45, 2.75) is 38.1 Å². The number of benzene rings is 3. The molecule has 3 heterocycles. The molecule has 252 valence electrons. The van der Waals surface area contributed by atoms with Crippen molar-refractivity contribution in [1.82, 2.24) is 20.2 Å². The third-order valence-electron chi connectivity index (χ3n) is 8.43. The Morgan fingerprint density at radius 1 is 0.792 bits per heavy atom. The summed E-state index contributed by atoms with van der Waals surface area (Å²) in [6.07, 6.45) is 2.80. The average molecular weight is 670 g/mol. The number of aliphatic hydroxyl groups is 1. The van der Waals surface area contributed by atoms with Crippen molar-refractivity contribution < 1.29 is 41.3 Å². The monoisotopic (exact) mass is 669 g/mol. The number of hydrogen-bond acceptors (Lipinski definition) is 8. The topological polar surface area (TPSA) is 100 Å². The van der Waals surface area contributed by atoms with E-state index in [0.29, 0.717) is 30.0 Å². The quantitative estimate of drug-likeness (QED) is 0.147. The van der Waals surface area contributed by atoms with Gasteiger partial charge in [-0.3, -0.25) is 9.69 Å². The summed E-state index contributed by atoms with van der Waals surface area (Å²) in [4.78, 5) is 25.5. The fraction of sp³-hybridized carbons (Fsp3) is 0.324. The highest BCUT2D eigenvalue weighted by Crippen LogP contribution is 2.38. The molecule has 0 bridgehead atoms. The molecule has 3 aromatic carbocycles. The van der Waals surface area contributed by atoms with Crippen LogP contribution in [0.1, 0.15) is 51.4 Å². The minimum absolute atomic E-state index is 0.0749. The van der Waals surface area contributed by atoms with Gasteiger partial charge in [0, 0.05) is 63.6 Å². The molecule has 14 heteroatoms. The first-order valence-corrected chi connectivity index (χ1v) is 15.3. The summed E-state index contributed by atoms with van der Waals surface area (Å²) in [7, 11) is 0. The van der Waals surface area contributed by atoms with Crippen LogP contribution in [0.2, 0.25) is 0 Å². The van der Waals surface area contributed by atoms with E-state index in [1.54, 1.807) is 42.7 Å². The van der Waals surface area contributed by atoms with Gasteiger partial charge in [0.15, 0.2) is 29.6 Å². The molecule has 2 fully saturated rings. The zero-order valence-corrected chi connectivity index (χ0v) is 25.6. The Morgan fingerprint density at radius 3 is 2.00 bits per heavy atom. The van der Waals surface area contributed by atoms with Gasteiger partial charge in [-0.2, -0.15) is 0 Å². The maximum absolute atomic E-state index is 14.1. The van der Waals surface area contributed by atoms with E-state index >= 15 is 0 Å². The van der Waals surface area contributed by atoms with Crippen LogP contribution < -0.4 is 10.2 Å². The van der Waals surface area contributed by atoms with Crippen LogP contribution in [0.4, 0.5) is 27.9 Å². The van der Waals surface area contributed by atoms with E-state index in [1.807, 2.05) is 24.3 Å². The summed E-state index contributed by atoms with van der Waals surface area (Å²) >= 11 is 0. The first kappa shape index (κ1) is 33.4. The van der Waals surface area contributed by atoms with Crippen LogP contribution >= 0.6 is 0 Å². The number of nitrogens with zero attached hydrogens (tertiary/aromatic N) is 4. The number of hydrogen-bond donors (Lipinski definition) is 2. The van der Waals surface area contributed by atoms with Gasteiger partial charge in [-0.05, 0) is 22.8 Å². The molecule has 4 aromatic rings. The van der Waals surface area contributed by atoms with Gasteiger partial charge in [-0.1, -0.05) is 48.5 Å². The number of carbonyl (C=O) groups excluding carboxylic acids is 1. The molecular formula is C34H32F5N5O4. The number of nitrogens with one attached hydrogen (secondary N) is 1. The summed E-state index contributed by atoms with van der Waals surface area (Å²) in [6.45, 7) is 3.48. The van der Waals surface area contributed by atoms with Gasteiger partial charge in [0.05, 0.1) is 18.8 Å². The van der Waals surface area contributed by atoms with Crippen molar-refractivity contribution in [3.05, 3.63) is 124 Å². The Bertz CT molecular complexity index is 1700. The maximum Gasteiger partial charge on any atom is 0.257 e. The van der Waals surface area contributed by atoms with Gasteiger partial charge in [-0.25, -0.2) is 31.9 Å². The average Bonchev–Trinajstić information content (AvgIpc) is 3.13. The number of halogens is 5. The molecule has 2 saturated heterocycles. The Hall–Kier alpha value is -4.50. The van der Waals surface area contributed by atoms with E-state index in [2.05, 4.69) is 25.1 Å². The third-order valence-corrected chi connectivity index (χ3v) is 8.43. The standard InChI is InChI=1S/C34H32F5N5O4/c35-27-26(28(36)30(38)31(39)29(27)37)32(46)42-17-20-2-8-23(9-3-20)33-47-24(16-25(48-33)22-6-4-21(19-45)5-7-22)18-43-12-14-44(15-13-43)34-40-10-1-11-41-34/h1-11,24-25,33,45H,12-19H2,(H,42,46)/t24-,25+,33+/m1/s1. The van der Waals surface area contributed by atoms with Crippen molar-refractivity contribution in [2.75, 3.05) is 37.6 Å². The third kappa shape index (κ3) is 7.31. The van der Waals surface area contributed by atoms with Gasteiger partial charge in [0.2, 0.25) is 11.8 Å². The molecule has 0 radical (unpaired) electrons. The summed E-state index contributed by atoms with van der Waals surface area (Å²) in [5.74, 6) is -11.9. The van der Waals surface area contributed by atoms with Crippen LogP contribution in [0.15, 0.2) is 67.0 Å². The first-order chi connectivity index (χ1) is 23.2. The summed E-state index contributed by atoms with van der Waals surface area (Å²) in [6, 6.07) is 16.0. The number of aromatic nitrogens is 2. The van der Waals surface area contributed by atoms with Gasteiger partial charge >= 0.3 is 0 Å². The van der Waals surface area contributed by atoms with E-state index in [0.717, 1.165) is 37.3 Å². The summed E-state index contributed by atoms with van der Waals surface area (Å²) < 4.78 is 81.5. The van der Waals surface area contributed by atoms with E-state index in [-0.39, 0.29) is 25.4 Å². The van der Waals surface area contributed by atoms with E-state index < -0.39 is 46.8 Å². The van der Waals surface area contributed by atoms with Crippen LogP contribution in [0, 0.1) is 29.1 Å². The van der Waals surface area contributed by atoms with E-state index in [4.69, 9.17) is 9.47 Å². The predicted octanol–water partition coefficient (Wildman–Crippen LogP) is 4.96. The number of rotatable bonds is 9. The molecule has 2 aliphatic heterocycles. The minimum Gasteiger partial charge on any atom is -0.392 e. The molecule has 1 amide bonds. The largest absolute Gasteiger partial charge is 0.392 e. The molecule has 1 aromatic heterocycles. The van der Waals surface area contributed by atoms with Crippen molar-refractivity contribution in [1.29, 1.82) is 0 Å². The lowest BCUT2D eigenvalue weighted by Crippen LogP contribution is -2.50. The fourth-order valence-electron chi connectivity index (χ4n) is 5.77. The van der Waals surface area contributed by atoms with Crippen molar-refractivity contribution in [3.63, 3.8) is 0 Å². The van der Waals surface area contributed by atoms with Crippen molar-refractivity contribution in [3.8, 4) is 0 Å². The van der Waals surface area contributed by atoms with Gasteiger partial charge in [-0.15, -0.1) is 0 Å². The zero-order chi connectivity index (χ0) is 33.8. The molecule has 0 unspecified atom stereocenters. The number of piperazine rings is 1. The molecule has 48 heavy (non-hydrogen) atoms. The fourth-order valence-corrected chi connectivity index (χ4v) is 5.77. The van der Waals surface area contributed by atoms with Crippen molar-refractivity contribution >= 4 is 11.9 Å². The second kappa shape index (κ2) is 14.7. The SMILES string of the molecule is O=C(NCc1ccc([C@H]2O[C@@H](CN3CCN(c4ncccn4)CC3)C[C@@H](c3ccc(CO)cc3)O2)cc1)c1c(F)c(F)c(F)c(F)c1F. The molecule has 0 aliphatic carbocycles. The molecule has 0 saturated carbocycles. The number of carbonyl (C=O) groups is 1. The molecule has 2 N–H and O–H groups in total. The lowest BCUT2D eigenvalue weighted by Gasteiger charge is -2.40.